The lowest BCUT2D eigenvalue weighted by Crippen LogP contribution is -2.52. The van der Waals surface area contributed by atoms with E-state index in [1.165, 1.54) is 6.21 Å². The summed E-state index contributed by atoms with van der Waals surface area (Å²) in [7, 11) is 0. The molecule has 1 saturated heterocycles. The molecule has 1 aromatic rings. The molecule has 1 aliphatic carbocycles. The fourth-order valence-corrected chi connectivity index (χ4v) is 4.81. The minimum absolute atomic E-state index is 0.196. The highest BCUT2D eigenvalue weighted by atomic mass is 16.2. The molecule has 5 N–H and O–H groups in total. The lowest BCUT2D eigenvalue weighted by atomic mass is 9.88. The van der Waals surface area contributed by atoms with Gasteiger partial charge in [-0.3, -0.25) is 14.5 Å². The van der Waals surface area contributed by atoms with Gasteiger partial charge in [0, 0.05) is 24.5 Å². The number of amides is 2. The number of fused-ring (bicyclic) bond motifs is 1. The van der Waals surface area contributed by atoms with Crippen molar-refractivity contribution in [3.63, 3.8) is 0 Å². The van der Waals surface area contributed by atoms with E-state index in [9.17, 15) is 9.59 Å². The van der Waals surface area contributed by atoms with Crippen LogP contribution < -0.4 is 16.4 Å². The molecule has 0 bridgehead atoms. The maximum Gasteiger partial charge on any atom is 0.270 e. The van der Waals surface area contributed by atoms with Crippen molar-refractivity contribution >= 4 is 30.0 Å². The summed E-state index contributed by atoms with van der Waals surface area (Å²) in [6.45, 7) is 3.82. The molecule has 8 nitrogen and oxygen atoms in total. The molecule has 2 amide bonds. The SMILES string of the molecule is CC1=C(/C(C)=C2/C(=O)NC3(CCCCC3)N2C=O)Cc2cnc(N)c(C=N)c2N1. The molecular weight excluding hydrogens is 368 g/mol. The van der Waals surface area contributed by atoms with Gasteiger partial charge >= 0.3 is 0 Å². The first-order valence-electron chi connectivity index (χ1n) is 9.95. The first-order valence-corrected chi connectivity index (χ1v) is 9.95. The summed E-state index contributed by atoms with van der Waals surface area (Å²) < 4.78 is 0. The molecule has 0 radical (unpaired) electrons. The second-order valence-corrected chi connectivity index (χ2v) is 8.00. The van der Waals surface area contributed by atoms with Crippen molar-refractivity contribution in [2.75, 3.05) is 11.1 Å². The Kier molecular flexibility index (Phi) is 4.64. The zero-order valence-electron chi connectivity index (χ0n) is 16.8. The highest BCUT2D eigenvalue weighted by molar-refractivity contribution is 6.00. The number of hydrogen-bond acceptors (Lipinski definition) is 6. The van der Waals surface area contributed by atoms with Crippen molar-refractivity contribution in [1.29, 1.82) is 5.41 Å². The Bertz CT molecular complexity index is 972. The van der Waals surface area contributed by atoms with E-state index in [0.29, 0.717) is 23.5 Å². The third-order valence-corrected chi connectivity index (χ3v) is 6.36. The molecule has 0 atom stereocenters. The molecule has 3 heterocycles. The monoisotopic (exact) mass is 394 g/mol. The number of nitrogens with two attached hydrogens (primary N) is 1. The number of pyridine rings is 1. The van der Waals surface area contributed by atoms with Crippen molar-refractivity contribution in [1.82, 2.24) is 15.2 Å². The number of anilines is 2. The first-order chi connectivity index (χ1) is 13.9. The minimum Gasteiger partial charge on any atom is -0.383 e. The molecule has 29 heavy (non-hydrogen) atoms. The number of allylic oxidation sites excluding steroid dienone is 3. The van der Waals surface area contributed by atoms with E-state index in [2.05, 4.69) is 15.6 Å². The van der Waals surface area contributed by atoms with Gasteiger partial charge in [0.2, 0.25) is 6.41 Å². The Balaban J connectivity index is 1.77. The summed E-state index contributed by atoms with van der Waals surface area (Å²) in [6.07, 6.45) is 8.90. The Hall–Kier alpha value is -3.16. The Morgan fingerprint density at radius 1 is 1.34 bits per heavy atom. The van der Waals surface area contributed by atoms with E-state index in [1.54, 1.807) is 11.1 Å². The summed E-state index contributed by atoms with van der Waals surface area (Å²) in [5, 5.41) is 14.1. The molecule has 1 saturated carbocycles. The second-order valence-electron chi connectivity index (χ2n) is 8.00. The molecule has 8 heteroatoms. The predicted octanol–water partition coefficient (Wildman–Crippen LogP) is 2.43. The van der Waals surface area contributed by atoms with Gasteiger partial charge < -0.3 is 21.8 Å². The normalized spacial score (nSPS) is 22.1. The summed E-state index contributed by atoms with van der Waals surface area (Å²) in [5.41, 5.74) is 10.6. The molecule has 152 valence electrons. The standard InChI is InChI=1S/C21H26N6O2/c1-12(18-20(29)26-21(27(18)11-28)6-4-3-5-7-21)15-8-14-10-24-19(23)16(9-22)17(14)25-13(15)2/h9-11,22,25H,3-8H2,1-2H3,(H2,23,24)(H,26,29)/b18-12-,22-9?. The fraction of sp³-hybridized carbons (Fsp3) is 0.429. The van der Waals surface area contributed by atoms with Crippen LogP contribution in [0.3, 0.4) is 0 Å². The van der Waals surface area contributed by atoms with Crippen LogP contribution in [0.15, 0.2) is 28.7 Å². The van der Waals surface area contributed by atoms with E-state index >= 15 is 0 Å². The number of nitrogens with one attached hydrogen (secondary N) is 3. The van der Waals surface area contributed by atoms with Gasteiger partial charge in [0.15, 0.2) is 0 Å². The van der Waals surface area contributed by atoms with Crippen LogP contribution in [-0.2, 0) is 16.0 Å². The van der Waals surface area contributed by atoms with E-state index < -0.39 is 5.66 Å². The third-order valence-electron chi connectivity index (χ3n) is 6.36. The van der Waals surface area contributed by atoms with Crippen molar-refractivity contribution in [3.8, 4) is 0 Å². The number of hydrogen-bond donors (Lipinski definition) is 4. The maximum atomic E-state index is 12.9. The molecular formula is C21H26N6O2. The molecule has 2 aliphatic heterocycles. The average molecular weight is 394 g/mol. The lowest BCUT2D eigenvalue weighted by molar-refractivity contribution is -0.121. The van der Waals surface area contributed by atoms with E-state index in [1.807, 2.05) is 13.8 Å². The van der Waals surface area contributed by atoms with Crippen LogP contribution in [0.5, 0.6) is 0 Å². The van der Waals surface area contributed by atoms with Crippen molar-refractivity contribution in [2.24, 2.45) is 0 Å². The summed E-state index contributed by atoms with van der Waals surface area (Å²) in [4.78, 5) is 30.8. The number of aromatic nitrogens is 1. The van der Waals surface area contributed by atoms with E-state index in [0.717, 1.165) is 66.6 Å². The number of nitrogens with zero attached hydrogens (tertiary/aromatic N) is 2. The third kappa shape index (κ3) is 2.90. The van der Waals surface area contributed by atoms with Crippen LogP contribution in [0, 0.1) is 5.41 Å². The van der Waals surface area contributed by atoms with Crippen LogP contribution in [0.4, 0.5) is 11.5 Å². The summed E-state index contributed by atoms with van der Waals surface area (Å²) in [6, 6.07) is 0. The van der Waals surface area contributed by atoms with E-state index in [-0.39, 0.29) is 5.91 Å². The van der Waals surface area contributed by atoms with Crippen LogP contribution in [-0.4, -0.2) is 34.1 Å². The summed E-state index contributed by atoms with van der Waals surface area (Å²) in [5.74, 6) is 0.109. The molecule has 0 aromatic carbocycles. The minimum atomic E-state index is -0.592. The first kappa shape index (κ1) is 19.2. The molecule has 3 aliphatic rings. The average Bonchev–Trinajstić information content (AvgIpc) is 2.97. The van der Waals surface area contributed by atoms with Gasteiger partial charge in [-0.05, 0) is 56.2 Å². The quantitative estimate of drug-likeness (QED) is 0.356. The van der Waals surface area contributed by atoms with Crippen LogP contribution in [0.2, 0.25) is 0 Å². The molecule has 1 spiro atoms. The van der Waals surface area contributed by atoms with Gasteiger partial charge in [0.1, 0.15) is 17.2 Å². The van der Waals surface area contributed by atoms with Crippen molar-refractivity contribution < 1.29 is 9.59 Å². The van der Waals surface area contributed by atoms with Gasteiger partial charge in [-0.1, -0.05) is 6.42 Å². The smallest absolute Gasteiger partial charge is 0.270 e. The lowest BCUT2D eigenvalue weighted by Gasteiger charge is -2.38. The zero-order valence-corrected chi connectivity index (χ0v) is 16.8. The molecule has 1 aromatic heterocycles. The van der Waals surface area contributed by atoms with Gasteiger partial charge in [0.25, 0.3) is 5.91 Å². The largest absolute Gasteiger partial charge is 0.383 e. The summed E-state index contributed by atoms with van der Waals surface area (Å²) >= 11 is 0. The highest BCUT2D eigenvalue weighted by Crippen LogP contribution is 2.41. The van der Waals surface area contributed by atoms with Crippen LogP contribution in [0.25, 0.3) is 0 Å². The molecule has 4 rings (SSSR count). The Morgan fingerprint density at radius 2 is 2.07 bits per heavy atom. The van der Waals surface area contributed by atoms with Crippen molar-refractivity contribution in [2.45, 2.75) is 58.0 Å². The van der Waals surface area contributed by atoms with E-state index in [4.69, 9.17) is 11.1 Å². The maximum absolute atomic E-state index is 12.9. The topological polar surface area (TPSA) is 124 Å². The number of nitrogen functional groups attached to an aromatic ring is 1. The number of rotatable bonds is 3. The number of carbonyl (C=O) groups excluding carboxylic acids is 2. The molecule has 2 fully saturated rings. The highest BCUT2D eigenvalue weighted by Gasteiger charge is 2.49. The van der Waals surface area contributed by atoms with Crippen LogP contribution >= 0.6 is 0 Å². The van der Waals surface area contributed by atoms with Gasteiger partial charge in [-0.2, -0.15) is 0 Å². The zero-order chi connectivity index (χ0) is 20.8. The van der Waals surface area contributed by atoms with Gasteiger partial charge in [-0.25, -0.2) is 4.98 Å². The fourth-order valence-electron chi connectivity index (χ4n) is 4.81. The van der Waals surface area contributed by atoms with Gasteiger partial charge in [-0.15, -0.1) is 0 Å². The Labute approximate surface area is 169 Å². The van der Waals surface area contributed by atoms with Gasteiger partial charge in [0.05, 0.1) is 11.3 Å². The second kappa shape index (κ2) is 7.02. The van der Waals surface area contributed by atoms with Crippen molar-refractivity contribution in [3.05, 3.63) is 39.9 Å². The predicted molar refractivity (Wildman–Crippen MR) is 111 cm³/mol. The Morgan fingerprint density at radius 3 is 2.72 bits per heavy atom. The van der Waals surface area contributed by atoms with Crippen LogP contribution in [0.1, 0.15) is 57.1 Å². The molecule has 0 unspecified atom stereocenters. The number of carbonyl (C=O) groups is 2.